The fourth-order valence-electron chi connectivity index (χ4n) is 2.29. The molecule has 124 valence electrons. The van der Waals surface area contributed by atoms with E-state index in [-0.39, 0.29) is 22.7 Å². The van der Waals surface area contributed by atoms with Crippen LogP contribution in [0.5, 0.6) is 0 Å². The number of amides is 1. The molecular formula is C18H15ClFNO2S. The molecule has 0 bridgehead atoms. The number of nitrogens with one attached hydrogen (secondary N) is 1. The maximum Gasteiger partial charge on any atom is 0.230 e. The summed E-state index contributed by atoms with van der Waals surface area (Å²) < 4.78 is 18.9. The number of benzene rings is 2. The number of halogens is 2. The van der Waals surface area contributed by atoms with Gasteiger partial charge in [-0.15, -0.1) is 11.8 Å². The highest BCUT2D eigenvalue weighted by molar-refractivity contribution is 8.00. The first kappa shape index (κ1) is 16.9. The number of para-hydroxylation sites is 1. The minimum absolute atomic E-state index is 0.0519. The molecule has 3 aromatic rings. The van der Waals surface area contributed by atoms with Gasteiger partial charge in [-0.1, -0.05) is 29.8 Å². The standard InChI is InChI=1S/C18H15ClFNO2S/c1-11(17-8-12-4-2-3-5-16(12)23-17)21-18(22)10-24-13-6-7-15(20)14(19)9-13/h2-9,11H,10H2,1H3,(H,21,22)/t11-/m1/s1. The Morgan fingerprint density at radius 1 is 1.29 bits per heavy atom. The lowest BCUT2D eigenvalue weighted by Crippen LogP contribution is -2.27. The van der Waals surface area contributed by atoms with Crippen LogP contribution in [0, 0.1) is 5.82 Å². The Bertz CT molecular complexity index is 847. The summed E-state index contributed by atoms with van der Waals surface area (Å²) >= 11 is 7.03. The van der Waals surface area contributed by atoms with E-state index in [0.29, 0.717) is 5.76 Å². The Balaban J connectivity index is 1.58. The summed E-state index contributed by atoms with van der Waals surface area (Å²) in [4.78, 5) is 12.8. The Hall–Kier alpha value is -1.98. The van der Waals surface area contributed by atoms with E-state index in [2.05, 4.69) is 5.32 Å². The van der Waals surface area contributed by atoms with Crippen molar-refractivity contribution in [3.63, 3.8) is 0 Å². The van der Waals surface area contributed by atoms with Crippen LogP contribution in [-0.4, -0.2) is 11.7 Å². The molecule has 0 spiro atoms. The fraction of sp³-hybridized carbons (Fsp3) is 0.167. The summed E-state index contributed by atoms with van der Waals surface area (Å²) in [6.07, 6.45) is 0. The average Bonchev–Trinajstić information content (AvgIpc) is 3.00. The van der Waals surface area contributed by atoms with E-state index in [0.717, 1.165) is 15.9 Å². The topological polar surface area (TPSA) is 42.2 Å². The van der Waals surface area contributed by atoms with Crippen molar-refractivity contribution in [2.75, 3.05) is 5.75 Å². The molecule has 0 saturated heterocycles. The number of carbonyl (C=O) groups is 1. The van der Waals surface area contributed by atoms with Gasteiger partial charge in [-0.25, -0.2) is 4.39 Å². The monoisotopic (exact) mass is 363 g/mol. The van der Waals surface area contributed by atoms with Gasteiger partial charge >= 0.3 is 0 Å². The lowest BCUT2D eigenvalue weighted by Gasteiger charge is -2.11. The van der Waals surface area contributed by atoms with Crippen LogP contribution in [0.1, 0.15) is 18.7 Å². The second-order valence-electron chi connectivity index (χ2n) is 5.34. The number of thioether (sulfide) groups is 1. The van der Waals surface area contributed by atoms with Crippen molar-refractivity contribution in [3.05, 3.63) is 65.1 Å². The molecule has 1 N–H and O–H groups in total. The number of rotatable bonds is 5. The Kier molecular flexibility index (Phi) is 5.11. The SMILES string of the molecule is C[C@@H](NC(=O)CSc1ccc(F)c(Cl)c1)c1cc2ccccc2o1. The number of hydrogen-bond acceptors (Lipinski definition) is 3. The molecule has 0 unspecified atom stereocenters. The molecule has 3 nitrogen and oxygen atoms in total. The third kappa shape index (κ3) is 3.91. The molecule has 1 amide bonds. The zero-order valence-corrected chi connectivity index (χ0v) is 14.5. The molecular weight excluding hydrogens is 349 g/mol. The third-order valence-corrected chi connectivity index (χ3v) is 4.79. The van der Waals surface area contributed by atoms with E-state index in [9.17, 15) is 9.18 Å². The highest BCUT2D eigenvalue weighted by Crippen LogP contribution is 2.25. The first-order chi connectivity index (χ1) is 11.5. The smallest absolute Gasteiger partial charge is 0.230 e. The molecule has 1 atom stereocenters. The van der Waals surface area contributed by atoms with Gasteiger partial charge in [-0.05, 0) is 37.3 Å². The van der Waals surface area contributed by atoms with Crippen LogP contribution in [0.25, 0.3) is 11.0 Å². The molecule has 24 heavy (non-hydrogen) atoms. The molecule has 0 aliphatic rings. The maximum atomic E-state index is 13.1. The fourth-order valence-corrected chi connectivity index (χ4v) is 3.28. The van der Waals surface area contributed by atoms with Gasteiger partial charge in [-0.2, -0.15) is 0 Å². The van der Waals surface area contributed by atoms with Crippen molar-refractivity contribution >= 4 is 40.2 Å². The van der Waals surface area contributed by atoms with Crippen molar-refractivity contribution < 1.29 is 13.6 Å². The number of hydrogen-bond donors (Lipinski definition) is 1. The second-order valence-corrected chi connectivity index (χ2v) is 6.80. The largest absolute Gasteiger partial charge is 0.459 e. The van der Waals surface area contributed by atoms with Crippen molar-refractivity contribution in [2.24, 2.45) is 0 Å². The van der Waals surface area contributed by atoms with Crippen LogP contribution >= 0.6 is 23.4 Å². The minimum Gasteiger partial charge on any atom is -0.459 e. The molecule has 0 saturated carbocycles. The summed E-state index contributed by atoms with van der Waals surface area (Å²) in [5.74, 6) is 0.323. The summed E-state index contributed by atoms with van der Waals surface area (Å²) in [5, 5.41) is 3.95. The van der Waals surface area contributed by atoms with Gasteiger partial charge in [0.1, 0.15) is 17.2 Å². The van der Waals surface area contributed by atoms with E-state index in [1.54, 1.807) is 6.07 Å². The molecule has 0 fully saturated rings. The van der Waals surface area contributed by atoms with E-state index in [1.807, 2.05) is 37.3 Å². The Morgan fingerprint density at radius 3 is 2.83 bits per heavy atom. The highest BCUT2D eigenvalue weighted by Gasteiger charge is 2.14. The highest BCUT2D eigenvalue weighted by atomic mass is 35.5. The van der Waals surface area contributed by atoms with Crippen LogP contribution in [0.3, 0.4) is 0 Å². The summed E-state index contributed by atoms with van der Waals surface area (Å²) in [7, 11) is 0. The molecule has 0 radical (unpaired) electrons. The lowest BCUT2D eigenvalue weighted by molar-refractivity contribution is -0.119. The molecule has 1 heterocycles. The van der Waals surface area contributed by atoms with E-state index in [1.165, 1.54) is 23.9 Å². The first-order valence-electron chi connectivity index (χ1n) is 7.38. The first-order valence-corrected chi connectivity index (χ1v) is 8.75. The van der Waals surface area contributed by atoms with Gasteiger partial charge in [0.05, 0.1) is 16.8 Å². The predicted octanol–water partition coefficient (Wildman–Crippen LogP) is 5.19. The number of fused-ring (bicyclic) bond motifs is 1. The second kappa shape index (κ2) is 7.28. The minimum atomic E-state index is -0.469. The van der Waals surface area contributed by atoms with E-state index in [4.69, 9.17) is 16.0 Å². The number of furan rings is 1. The molecule has 6 heteroatoms. The van der Waals surface area contributed by atoms with E-state index < -0.39 is 5.82 Å². The quantitative estimate of drug-likeness (QED) is 0.634. The molecule has 1 aromatic heterocycles. The summed E-state index contributed by atoms with van der Waals surface area (Å²) in [6.45, 7) is 1.87. The molecule has 0 aliphatic carbocycles. The van der Waals surface area contributed by atoms with E-state index >= 15 is 0 Å². The van der Waals surface area contributed by atoms with Crippen LogP contribution in [0.15, 0.2) is 57.8 Å². The van der Waals surface area contributed by atoms with Crippen molar-refractivity contribution in [1.82, 2.24) is 5.32 Å². The maximum absolute atomic E-state index is 13.1. The van der Waals surface area contributed by atoms with Gasteiger partial charge in [0.15, 0.2) is 0 Å². The molecule has 0 aliphatic heterocycles. The average molecular weight is 364 g/mol. The Labute approximate surface area is 148 Å². The van der Waals surface area contributed by atoms with Crippen LogP contribution in [-0.2, 0) is 4.79 Å². The van der Waals surface area contributed by atoms with Crippen molar-refractivity contribution in [3.8, 4) is 0 Å². The van der Waals surface area contributed by atoms with Gasteiger partial charge < -0.3 is 9.73 Å². The van der Waals surface area contributed by atoms with Crippen LogP contribution < -0.4 is 5.32 Å². The van der Waals surface area contributed by atoms with Crippen LogP contribution in [0.2, 0.25) is 5.02 Å². The summed E-state index contributed by atoms with van der Waals surface area (Å²) in [6, 6.07) is 13.8. The van der Waals surface area contributed by atoms with Gasteiger partial charge in [0.25, 0.3) is 0 Å². The van der Waals surface area contributed by atoms with Gasteiger partial charge in [0.2, 0.25) is 5.91 Å². The van der Waals surface area contributed by atoms with Crippen LogP contribution in [0.4, 0.5) is 4.39 Å². The third-order valence-electron chi connectivity index (χ3n) is 3.51. The predicted molar refractivity (Wildman–Crippen MR) is 94.9 cm³/mol. The Morgan fingerprint density at radius 2 is 2.08 bits per heavy atom. The molecule has 2 aromatic carbocycles. The van der Waals surface area contributed by atoms with Crippen molar-refractivity contribution in [1.29, 1.82) is 0 Å². The zero-order chi connectivity index (χ0) is 17.1. The normalized spacial score (nSPS) is 12.3. The zero-order valence-electron chi connectivity index (χ0n) is 12.9. The lowest BCUT2D eigenvalue weighted by atomic mass is 10.2. The summed E-state index contributed by atoms with van der Waals surface area (Å²) in [5.41, 5.74) is 0.795. The van der Waals surface area contributed by atoms with Gasteiger partial charge in [0, 0.05) is 10.3 Å². The molecule has 3 rings (SSSR count). The van der Waals surface area contributed by atoms with Gasteiger partial charge in [-0.3, -0.25) is 4.79 Å². The number of carbonyl (C=O) groups excluding carboxylic acids is 1. The van der Waals surface area contributed by atoms with Crippen molar-refractivity contribution in [2.45, 2.75) is 17.9 Å².